The van der Waals surface area contributed by atoms with Gasteiger partial charge < -0.3 is 19.8 Å². The number of phosphoric acid groups is 1. The highest BCUT2D eigenvalue weighted by Gasteiger charge is 2.27. The third kappa shape index (κ3) is 46.2. The number of hydrogen-bond donors (Lipinski definition) is 3. The van der Waals surface area contributed by atoms with Gasteiger partial charge in [0.05, 0.1) is 39.9 Å². The van der Waals surface area contributed by atoms with Crippen LogP contribution in [0.25, 0.3) is 0 Å². The van der Waals surface area contributed by atoms with Crippen molar-refractivity contribution < 1.29 is 32.9 Å². The lowest BCUT2D eigenvalue weighted by Gasteiger charge is -2.25. The number of aliphatic hydroxyl groups is 1. The van der Waals surface area contributed by atoms with Crippen LogP contribution in [0.1, 0.15) is 219 Å². The van der Waals surface area contributed by atoms with Gasteiger partial charge in [0.15, 0.2) is 0 Å². The standard InChI is InChI=1S/C53H99N2O6P/c1-6-8-10-12-14-16-18-20-22-24-26-27-28-29-30-32-34-36-38-40-42-44-46-52(56)51(50-61-62(58,59)60-49-48-55(3,4)5)54-53(57)47-45-43-41-39-37-35-33-31-25-23-21-19-17-15-13-11-9-7-2/h17,19,23,25,29-30,36,38,44,46,51-52,56H,6-16,18,20-22,24,26-28,31-35,37,39-43,45,47-50H2,1-5H3,(H-,54,57,58,59)/p+1/b19-17-,25-23-,30-29+,38-36+,46-44+. The summed E-state index contributed by atoms with van der Waals surface area (Å²) in [6, 6.07) is -0.876. The molecule has 0 aromatic rings. The first-order valence-electron chi connectivity index (χ1n) is 25.7. The summed E-state index contributed by atoms with van der Waals surface area (Å²) in [5.41, 5.74) is 0. The van der Waals surface area contributed by atoms with Crippen LogP contribution in [-0.2, 0) is 18.4 Å². The van der Waals surface area contributed by atoms with Crippen molar-refractivity contribution in [1.29, 1.82) is 0 Å². The fraction of sp³-hybridized carbons (Fsp3) is 0.792. The molecule has 0 spiro atoms. The van der Waals surface area contributed by atoms with Crippen molar-refractivity contribution in [2.75, 3.05) is 40.9 Å². The minimum atomic E-state index is -4.36. The first kappa shape index (κ1) is 60.2. The Hall–Kier alpha value is -1.80. The molecule has 0 aromatic heterocycles. The van der Waals surface area contributed by atoms with Gasteiger partial charge in [-0.15, -0.1) is 0 Å². The molecule has 0 aromatic carbocycles. The molecule has 0 heterocycles. The molecule has 0 bridgehead atoms. The fourth-order valence-electron chi connectivity index (χ4n) is 7.10. The maximum atomic E-state index is 12.9. The van der Waals surface area contributed by atoms with Gasteiger partial charge in [-0.1, -0.05) is 197 Å². The van der Waals surface area contributed by atoms with E-state index in [-0.39, 0.29) is 19.1 Å². The second-order valence-corrected chi connectivity index (χ2v) is 20.0. The second-order valence-electron chi connectivity index (χ2n) is 18.5. The molecule has 3 N–H and O–H groups in total. The number of phosphoric ester groups is 1. The number of nitrogens with zero attached hydrogens (tertiary/aromatic N) is 1. The van der Waals surface area contributed by atoms with Crippen molar-refractivity contribution in [3.05, 3.63) is 60.8 Å². The number of aliphatic hydroxyl groups excluding tert-OH is 1. The first-order chi connectivity index (χ1) is 30.0. The molecule has 0 aliphatic rings. The summed E-state index contributed by atoms with van der Waals surface area (Å²) in [6.45, 7) is 4.77. The molecule has 9 heteroatoms. The number of carbonyl (C=O) groups excluding carboxylic acids is 1. The van der Waals surface area contributed by atoms with E-state index in [1.54, 1.807) is 6.08 Å². The van der Waals surface area contributed by atoms with Gasteiger partial charge in [0.2, 0.25) is 5.91 Å². The van der Waals surface area contributed by atoms with Gasteiger partial charge in [-0.2, -0.15) is 0 Å². The molecule has 3 unspecified atom stereocenters. The maximum absolute atomic E-state index is 12.9. The van der Waals surface area contributed by atoms with E-state index in [2.05, 4.69) is 67.8 Å². The van der Waals surface area contributed by atoms with Crippen LogP contribution in [0.2, 0.25) is 0 Å². The first-order valence-corrected chi connectivity index (χ1v) is 27.2. The Morgan fingerprint density at radius 1 is 0.548 bits per heavy atom. The number of allylic oxidation sites excluding steroid dienone is 9. The van der Waals surface area contributed by atoms with E-state index in [1.807, 2.05) is 27.2 Å². The lowest BCUT2D eigenvalue weighted by molar-refractivity contribution is -0.870. The van der Waals surface area contributed by atoms with Gasteiger partial charge in [-0.05, 0) is 77.0 Å². The molecule has 1 amide bonds. The van der Waals surface area contributed by atoms with Gasteiger partial charge in [0, 0.05) is 6.42 Å². The summed E-state index contributed by atoms with van der Waals surface area (Å²) in [7, 11) is 1.54. The Morgan fingerprint density at radius 3 is 1.40 bits per heavy atom. The van der Waals surface area contributed by atoms with Gasteiger partial charge in [-0.25, -0.2) is 4.57 Å². The third-order valence-corrected chi connectivity index (χ3v) is 12.2. The Bertz CT molecular complexity index is 1190. The second kappa shape index (κ2) is 44.4. The minimum absolute atomic E-state index is 0.0499. The minimum Gasteiger partial charge on any atom is -0.387 e. The van der Waals surface area contributed by atoms with Crippen LogP contribution >= 0.6 is 7.82 Å². The molecule has 0 fully saturated rings. The van der Waals surface area contributed by atoms with Crippen LogP contribution in [0.3, 0.4) is 0 Å². The summed E-state index contributed by atoms with van der Waals surface area (Å²) in [6.07, 6.45) is 58.7. The highest BCUT2D eigenvalue weighted by Crippen LogP contribution is 2.43. The lowest BCUT2D eigenvalue weighted by atomic mass is 10.0. The van der Waals surface area contributed by atoms with Crippen LogP contribution in [-0.4, -0.2) is 73.4 Å². The molecule has 0 rings (SSSR count). The van der Waals surface area contributed by atoms with E-state index < -0.39 is 20.0 Å². The summed E-state index contributed by atoms with van der Waals surface area (Å²) in [4.78, 5) is 23.2. The molecule has 0 saturated heterocycles. The number of quaternary nitrogens is 1. The molecular weight excluding hydrogens is 792 g/mol. The lowest BCUT2D eigenvalue weighted by Crippen LogP contribution is -2.45. The molecule has 0 radical (unpaired) electrons. The smallest absolute Gasteiger partial charge is 0.387 e. The van der Waals surface area contributed by atoms with Crippen molar-refractivity contribution in [1.82, 2.24) is 5.32 Å². The zero-order chi connectivity index (χ0) is 45.7. The normalized spacial score (nSPS) is 14.6. The van der Waals surface area contributed by atoms with Gasteiger partial charge in [0.1, 0.15) is 13.2 Å². The van der Waals surface area contributed by atoms with Gasteiger partial charge >= 0.3 is 7.82 Å². The van der Waals surface area contributed by atoms with E-state index in [4.69, 9.17) is 9.05 Å². The number of nitrogens with one attached hydrogen (secondary N) is 1. The van der Waals surface area contributed by atoms with Crippen molar-refractivity contribution in [2.45, 2.75) is 231 Å². The highest BCUT2D eigenvalue weighted by atomic mass is 31.2. The van der Waals surface area contributed by atoms with Crippen LogP contribution in [0, 0.1) is 0 Å². The SMILES string of the molecule is CCCCCC/C=C\C/C=C\CCCCCCCCCC(=O)NC(COP(=O)(O)OCC[N+](C)(C)C)C(O)/C=C/CC/C=C/CC/C=C/CCCCCCCCCCCCCC. The molecule has 0 saturated carbocycles. The van der Waals surface area contributed by atoms with Crippen molar-refractivity contribution >= 4 is 13.7 Å². The van der Waals surface area contributed by atoms with Crippen LogP contribution < -0.4 is 5.32 Å². The number of carbonyl (C=O) groups is 1. The van der Waals surface area contributed by atoms with Gasteiger partial charge in [0.25, 0.3) is 0 Å². The van der Waals surface area contributed by atoms with E-state index in [9.17, 15) is 19.4 Å². The molecular formula is C53H100N2O6P+. The summed E-state index contributed by atoms with van der Waals surface area (Å²) in [5, 5.41) is 13.9. The van der Waals surface area contributed by atoms with Crippen LogP contribution in [0.4, 0.5) is 0 Å². The zero-order valence-electron chi connectivity index (χ0n) is 41.1. The average molecular weight is 892 g/mol. The third-order valence-electron chi connectivity index (χ3n) is 11.2. The summed E-state index contributed by atoms with van der Waals surface area (Å²) in [5.74, 6) is -0.200. The number of amides is 1. The number of likely N-dealkylation sites (N-methyl/N-ethyl adjacent to an activating group) is 1. The molecule has 8 nitrogen and oxygen atoms in total. The van der Waals surface area contributed by atoms with Gasteiger partial charge in [-0.3, -0.25) is 13.8 Å². The van der Waals surface area contributed by atoms with Crippen LogP contribution in [0.5, 0.6) is 0 Å². The zero-order valence-corrected chi connectivity index (χ0v) is 42.0. The predicted octanol–water partition coefficient (Wildman–Crippen LogP) is 15.0. The van der Waals surface area contributed by atoms with E-state index in [1.165, 1.54) is 135 Å². The summed E-state index contributed by atoms with van der Waals surface area (Å²) < 4.78 is 23.6. The largest absolute Gasteiger partial charge is 0.472 e. The molecule has 0 aliphatic heterocycles. The van der Waals surface area contributed by atoms with Crippen LogP contribution in [0.15, 0.2) is 60.8 Å². The Labute approximate surface area is 383 Å². The van der Waals surface area contributed by atoms with Crippen molar-refractivity contribution in [3.8, 4) is 0 Å². The van der Waals surface area contributed by atoms with E-state index in [0.717, 1.165) is 64.2 Å². The quantitative estimate of drug-likeness (QED) is 0.0243. The number of rotatable bonds is 46. The van der Waals surface area contributed by atoms with Crippen molar-refractivity contribution in [2.24, 2.45) is 0 Å². The monoisotopic (exact) mass is 892 g/mol. The molecule has 3 atom stereocenters. The molecule has 362 valence electrons. The molecule has 0 aliphatic carbocycles. The van der Waals surface area contributed by atoms with Crippen molar-refractivity contribution in [3.63, 3.8) is 0 Å². The Balaban J connectivity index is 4.42. The Morgan fingerprint density at radius 2 is 0.935 bits per heavy atom. The summed E-state index contributed by atoms with van der Waals surface area (Å²) >= 11 is 0. The predicted molar refractivity (Wildman–Crippen MR) is 267 cm³/mol. The topological polar surface area (TPSA) is 105 Å². The van der Waals surface area contributed by atoms with E-state index in [0.29, 0.717) is 17.4 Å². The highest BCUT2D eigenvalue weighted by molar-refractivity contribution is 7.47. The average Bonchev–Trinajstić information content (AvgIpc) is 3.23. The fourth-order valence-corrected chi connectivity index (χ4v) is 7.84. The molecule has 62 heavy (non-hydrogen) atoms. The number of unbranched alkanes of at least 4 members (excludes halogenated alkanes) is 25. The number of hydrogen-bond acceptors (Lipinski definition) is 5. The maximum Gasteiger partial charge on any atom is 0.472 e. The van der Waals surface area contributed by atoms with E-state index >= 15 is 0 Å². The Kier molecular flexibility index (Phi) is 43.1.